The van der Waals surface area contributed by atoms with E-state index in [9.17, 15) is 14.7 Å². The first kappa shape index (κ1) is 22.6. The smallest absolute Gasteiger partial charge is 0.301 e. The normalized spacial score (nSPS) is 17.6. The second-order valence-electron chi connectivity index (χ2n) is 7.88. The lowest BCUT2D eigenvalue weighted by molar-refractivity contribution is -0.132. The maximum Gasteiger partial charge on any atom is 0.301 e. The molecule has 4 aromatic rings. The molecule has 0 aliphatic carbocycles. The van der Waals surface area contributed by atoms with Gasteiger partial charge in [0, 0.05) is 15.6 Å². The number of thiazole rings is 1. The monoisotopic (exact) mass is 508 g/mol. The Balaban J connectivity index is 1.71. The van der Waals surface area contributed by atoms with Crippen molar-refractivity contribution in [2.75, 3.05) is 4.90 Å². The molecule has 5 rings (SSSR count). The average molecular weight is 509 g/mol. The summed E-state index contributed by atoms with van der Waals surface area (Å²) in [5, 5.41) is 12.6. The zero-order valence-corrected chi connectivity index (χ0v) is 20.3. The predicted octanol–water partition coefficient (Wildman–Crippen LogP) is 6.79. The van der Waals surface area contributed by atoms with Gasteiger partial charge in [0.1, 0.15) is 5.76 Å². The number of aliphatic hydroxyl groups is 1. The topological polar surface area (TPSA) is 70.5 Å². The van der Waals surface area contributed by atoms with Gasteiger partial charge >= 0.3 is 5.91 Å². The fourth-order valence-corrected chi connectivity index (χ4v) is 5.34. The number of hydrogen-bond donors (Lipinski definition) is 1. The summed E-state index contributed by atoms with van der Waals surface area (Å²) >= 11 is 13.4. The van der Waals surface area contributed by atoms with Crippen molar-refractivity contribution in [3.63, 3.8) is 0 Å². The van der Waals surface area contributed by atoms with Crippen LogP contribution in [0.4, 0.5) is 5.13 Å². The summed E-state index contributed by atoms with van der Waals surface area (Å²) in [5.41, 5.74) is 2.91. The molecule has 1 unspecified atom stereocenters. The minimum absolute atomic E-state index is 0.0110. The molecule has 0 spiro atoms. The molecular formula is C26H18Cl2N2O3S. The summed E-state index contributed by atoms with van der Waals surface area (Å²) in [7, 11) is 0. The van der Waals surface area contributed by atoms with Crippen LogP contribution in [-0.4, -0.2) is 21.8 Å². The van der Waals surface area contributed by atoms with Gasteiger partial charge in [0.2, 0.25) is 0 Å². The quantitative estimate of drug-likeness (QED) is 0.187. The van der Waals surface area contributed by atoms with Crippen LogP contribution in [0.25, 0.3) is 16.0 Å². The Morgan fingerprint density at radius 1 is 1.00 bits per heavy atom. The molecule has 1 aromatic heterocycles. The second-order valence-corrected chi connectivity index (χ2v) is 9.76. The fourth-order valence-electron chi connectivity index (χ4n) is 4.03. The first-order valence-electron chi connectivity index (χ1n) is 10.6. The van der Waals surface area contributed by atoms with Gasteiger partial charge in [-0.15, -0.1) is 0 Å². The van der Waals surface area contributed by atoms with Crippen LogP contribution in [0.15, 0.2) is 72.3 Å². The molecule has 1 aliphatic heterocycles. The van der Waals surface area contributed by atoms with Crippen molar-refractivity contribution in [1.29, 1.82) is 0 Å². The zero-order valence-electron chi connectivity index (χ0n) is 18.0. The summed E-state index contributed by atoms with van der Waals surface area (Å²) < 4.78 is 0.920. The third-order valence-corrected chi connectivity index (χ3v) is 7.33. The molecule has 0 radical (unpaired) electrons. The van der Waals surface area contributed by atoms with Gasteiger partial charge < -0.3 is 5.11 Å². The van der Waals surface area contributed by atoms with Gasteiger partial charge in [-0.25, -0.2) is 4.98 Å². The number of aryl methyl sites for hydroxylation is 1. The Hall–Kier alpha value is -3.19. The molecule has 0 bridgehead atoms. The first-order chi connectivity index (χ1) is 16.4. The van der Waals surface area contributed by atoms with Gasteiger partial charge in [-0.05, 0) is 66.1 Å². The molecule has 170 valence electrons. The summed E-state index contributed by atoms with van der Waals surface area (Å²) in [4.78, 5) is 32.6. The molecule has 1 fully saturated rings. The van der Waals surface area contributed by atoms with E-state index in [0.29, 0.717) is 26.3 Å². The Morgan fingerprint density at radius 2 is 1.65 bits per heavy atom. The van der Waals surface area contributed by atoms with Crippen molar-refractivity contribution in [1.82, 2.24) is 4.98 Å². The standard InChI is InChI=1S/C26H18Cl2N2O3S/c1-2-14-3-12-19-20(13-14)34-26(29-19)30-22(15-4-8-17(27)9-5-15)21(24(32)25(30)33)23(31)16-6-10-18(28)11-7-16/h3-13,22,31H,2H2,1H3/b23-21+. The number of Topliss-reactive ketones (excluding diaryl/α,β-unsaturated/α-hetero) is 1. The van der Waals surface area contributed by atoms with E-state index in [1.165, 1.54) is 16.2 Å². The van der Waals surface area contributed by atoms with Gasteiger partial charge in [-0.3, -0.25) is 14.5 Å². The molecule has 2 heterocycles. The van der Waals surface area contributed by atoms with E-state index in [1.807, 2.05) is 18.2 Å². The number of ketones is 1. The number of aromatic nitrogens is 1. The molecule has 3 aromatic carbocycles. The molecule has 1 atom stereocenters. The van der Waals surface area contributed by atoms with Crippen molar-refractivity contribution in [2.24, 2.45) is 0 Å². The molecule has 1 N–H and O–H groups in total. The first-order valence-corrected chi connectivity index (χ1v) is 12.2. The molecule has 1 aliphatic rings. The number of hydrogen-bond acceptors (Lipinski definition) is 5. The maximum absolute atomic E-state index is 13.3. The van der Waals surface area contributed by atoms with E-state index in [2.05, 4.69) is 11.9 Å². The molecule has 5 nitrogen and oxygen atoms in total. The fraction of sp³-hybridized carbons (Fsp3) is 0.115. The van der Waals surface area contributed by atoms with E-state index in [-0.39, 0.29) is 11.3 Å². The van der Waals surface area contributed by atoms with Crippen LogP contribution < -0.4 is 4.90 Å². The SMILES string of the molecule is CCc1ccc2nc(N3C(=O)C(=O)/C(=C(/O)c4ccc(Cl)cc4)C3c3ccc(Cl)cc3)sc2c1. The van der Waals surface area contributed by atoms with Gasteiger partial charge in [0.15, 0.2) is 5.13 Å². The third kappa shape index (κ3) is 3.88. The Labute approximate surface area is 209 Å². The van der Waals surface area contributed by atoms with Crippen molar-refractivity contribution in [2.45, 2.75) is 19.4 Å². The van der Waals surface area contributed by atoms with E-state index in [0.717, 1.165) is 22.2 Å². The predicted molar refractivity (Wildman–Crippen MR) is 137 cm³/mol. The van der Waals surface area contributed by atoms with Gasteiger partial charge in [0.05, 0.1) is 21.8 Å². The molecule has 1 saturated heterocycles. The molecule has 8 heteroatoms. The number of fused-ring (bicyclic) bond motifs is 1. The number of nitrogens with zero attached hydrogens (tertiary/aromatic N) is 2. The van der Waals surface area contributed by atoms with Crippen molar-refractivity contribution >= 4 is 67.3 Å². The van der Waals surface area contributed by atoms with Gasteiger partial charge in [-0.1, -0.05) is 59.7 Å². The number of carbonyl (C=O) groups excluding carboxylic acids is 2. The summed E-state index contributed by atoms with van der Waals surface area (Å²) in [6.45, 7) is 2.07. The lowest BCUT2D eigenvalue weighted by atomic mass is 9.95. The second kappa shape index (κ2) is 8.87. The van der Waals surface area contributed by atoms with E-state index >= 15 is 0 Å². The van der Waals surface area contributed by atoms with Crippen LogP contribution in [0.3, 0.4) is 0 Å². The molecule has 1 amide bonds. The van der Waals surface area contributed by atoms with Crippen LogP contribution in [0.2, 0.25) is 10.0 Å². The lowest BCUT2D eigenvalue weighted by Crippen LogP contribution is -2.29. The molecule has 0 saturated carbocycles. The minimum atomic E-state index is -0.862. The van der Waals surface area contributed by atoms with E-state index < -0.39 is 17.7 Å². The zero-order chi connectivity index (χ0) is 24.0. The number of aliphatic hydroxyl groups excluding tert-OH is 1. The van der Waals surface area contributed by atoms with Crippen molar-refractivity contribution in [3.8, 4) is 0 Å². The number of carbonyl (C=O) groups is 2. The lowest BCUT2D eigenvalue weighted by Gasteiger charge is -2.23. The van der Waals surface area contributed by atoms with Gasteiger partial charge in [0.25, 0.3) is 5.78 Å². The van der Waals surface area contributed by atoms with Gasteiger partial charge in [-0.2, -0.15) is 0 Å². The molecular weight excluding hydrogens is 491 g/mol. The van der Waals surface area contributed by atoms with Crippen molar-refractivity contribution in [3.05, 3.63) is 99.0 Å². The van der Waals surface area contributed by atoms with E-state index in [4.69, 9.17) is 23.2 Å². The van der Waals surface area contributed by atoms with Crippen molar-refractivity contribution < 1.29 is 14.7 Å². The Bertz CT molecular complexity index is 1460. The van der Waals surface area contributed by atoms with E-state index in [1.54, 1.807) is 48.5 Å². The number of amides is 1. The highest BCUT2D eigenvalue weighted by atomic mass is 35.5. The van der Waals surface area contributed by atoms with Crippen LogP contribution in [0.5, 0.6) is 0 Å². The third-order valence-electron chi connectivity index (χ3n) is 5.80. The Kier molecular flexibility index (Phi) is 5.90. The summed E-state index contributed by atoms with van der Waals surface area (Å²) in [5.74, 6) is -1.79. The summed E-state index contributed by atoms with van der Waals surface area (Å²) in [6.07, 6.45) is 0.875. The number of anilines is 1. The van der Waals surface area contributed by atoms with Crippen LogP contribution in [0.1, 0.15) is 29.7 Å². The largest absolute Gasteiger partial charge is 0.507 e. The van der Waals surface area contributed by atoms with Crippen LogP contribution in [-0.2, 0) is 16.0 Å². The summed E-state index contributed by atoms with van der Waals surface area (Å²) in [6, 6.07) is 18.4. The highest BCUT2D eigenvalue weighted by molar-refractivity contribution is 7.22. The number of halogens is 2. The minimum Gasteiger partial charge on any atom is -0.507 e. The highest BCUT2D eigenvalue weighted by Crippen LogP contribution is 2.44. The Morgan fingerprint density at radius 3 is 2.29 bits per heavy atom. The number of rotatable bonds is 4. The molecule has 34 heavy (non-hydrogen) atoms. The van der Waals surface area contributed by atoms with Crippen LogP contribution >= 0.6 is 34.5 Å². The highest BCUT2D eigenvalue weighted by Gasteiger charge is 2.48. The average Bonchev–Trinajstić information content (AvgIpc) is 3.37. The van der Waals surface area contributed by atoms with Crippen LogP contribution in [0, 0.1) is 0 Å². The number of benzene rings is 3. The maximum atomic E-state index is 13.3.